The second-order valence-electron chi connectivity index (χ2n) is 10.8. The molecule has 1 aliphatic rings. The molecule has 16 heteroatoms. The van der Waals surface area contributed by atoms with E-state index in [9.17, 15) is 45.1 Å². The van der Waals surface area contributed by atoms with Crippen LogP contribution in [-0.4, -0.2) is 64.9 Å². The summed E-state index contributed by atoms with van der Waals surface area (Å²) in [6.45, 7) is 1.10. The van der Waals surface area contributed by atoms with Crippen LogP contribution in [0.15, 0.2) is 48.8 Å². The number of hydrogen-bond acceptors (Lipinski definition) is 6. The van der Waals surface area contributed by atoms with Crippen LogP contribution in [0.2, 0.25) is 0 Å². The van der Waals surface area contributed by atoms with Crippen LogP contribution in [0.1, 0.15) is 50.5 Å². The maximum Gasteiger partial charge on any atom is 0.416 e. The maximum atomic E-state index is 14.0. The molecule has 0 unspecified atom stereocenters. The van der Waals surface area contributed by atoms with Gasteiger partial charge in [-0.25, -0.2) is 19.2 Å². The van der Waals surface area contributed by atoms with Gasteiger partial charge in [-0.2, -0.15) is 26.3 Å². The molecule has 0 bridgehead atoms. The van der Waals surface area contributed by atoms with Crippen LogP contribution in [0.4, 0.5) is 41.5 Å². The van der Waals surface area contributed by atoms with Gasteiger partial charge < -0.3 is 14.5 Å². The molecule has 246 valence electrons. The summed E-state index contributed by atoms with van der Waals surface area (Å²) < 4.78 is 98.9. The Kier molecular flexibility index (Phi) is 9.87. The number of methoxy groups -OCH3 is 1. The number of carbonyl (C=O) groups is 3. The van der Waals surface area contributed by atoms with Crippen molar-refractivity contribution in [2.45, 2.75) is 38.2 Å². The Morgan fingerprint density at radius 3 is 2.15 bits per heavy atom. The lowest BCUT2D eigenvalue weighted by Gasteiger charge is -2.40. The van der Waals surface area contributed by atoms with Crippen LogP contribution < -0.4 is 5.32 Å². The molecule has 1 N–H and O–H groups in total. The highest BCUT2D eigenvalue weighted by molar-refractivity contribution is 5.94. The van der Waals surface area contributed by atoms with E-state index in [1.807, 2.05) is 0 Å². The van der Waals surface area contributed by atoms with E-state index in [2.05, 4.69) is 20.0 Å². The Balaban J connectivity index is 1.60. The summed E-state index contributed by atoms with van der Waals surface area (Å²) in [6, 6.07) is 5.06. The van der Waals surface area contributed by atoms with E-state index in [4.69, 9.17) is 0 Å². The number of halogens is 7. The number of alkyl halides is 6. The first kappa shape index (κ1) is 34.1. The van der Waals surface area contributed by atoms with Crippen molar-refractivity contribution in [3.63, 3.8) is 0 Å². The Bertz CT molecular complexity index is 1580. The standard InChI is InChI=1S/C30H28F7N5O4/c1-16-8-21(31)4-5-22(16)24-15-42(25(43)18-12-38-27(39-13-18)40-28(45)46-3)7-6-23(24)26(44)41(2)14-17-9-19(29(32,33)34)11-20(10-17)30(35,36)37/h4-5,8-13,23-24H,6-7,14-15H2,1-3H3,(H,38,39,40,45)/t23-,24+/m1/s1. The molecule has 1 fully saturated rings. The molecule has 1 saturated heterocycles. The van der Waals surface area contributed by atoms with Gasteiger partial charge in [0, 0.05) is 50.9 Å². The number of aromatic nitrogens is 2. The fourth-order valence-corrected chi connectivity index (χ4v) is 5.38. The number of piperidine rings is 1. The van der Waals surface area contributed by atoms with Gasteiger partial charge in [-0.1, -0.05) is 6.07 Å². The first-order valence-corrected chi connectivity index (χ1v) is 13.7. The molecular formula is C30H28F7N5O4. The van der Waals surface area contributed by atoms with Crippen molar-refractivity contribution in [1.29, 1.82) is 0 Å². The molecule has 0 radical (unpaired) electrons. The molecule has 3 amide bonds. The molecule has 2 heterocycles. The van der Waals surface area contributed by atoms with E-state index in [1.165, 1.54) is 42.5 Å². The van der Waals surface area contributed by atoms with Gasteiger partial charge in [-0.3, -0.25) is 14.9 Å². The number of nitrogens with one attached hydrogen (secondary N) is 1. The molecule has 9 nitrogen and oxygen atoms in total. The monoisotopic (exact) mass is 655 g/mol. The Morgan fingerprint density at radius 2 is 1.61 bits per heavy atom. The molecule has 0 spiro atoms. The SMILES string of the molecule is COC(=O)Nc1ncc(C(=O)N2CC[C@@H](C(=O)N(C)Cc3cc(C(F)(F)F)cc(C(F)(F)F)c3)[C@H](c3ccc(F)cc3C)C2)cn1. The molecule has 1 aliphatic heterocycles. The summed E-state index contributed by atoms with van der Waals surface area (Å²) in [5.41, 5.74) is -2.28. The summed E-state index contributed by atoms with van der Waals surface area (Å²) >= 11 is 0. The van der Waals surface area contributed by atoms with Crippen molar-refractivity contribution >= 4 is 23.9 Å². The third-order valence-corrected chi connectivity index (χ3v) is 7.59. The van der Waals surface area contributed by atoms with E-state index >= 15 is 0 Å². The molecule has 46 heavy (non-hydrogen) atoms. The lowest BCUT2D eigenvalue weighted by molar-refractivity contribution is -0.143. The average molecular weight is 656 g/mol. The van der Waals surface area contributed by atoms with Gasteiger partial charge in [0.2, 0.25) is 11.9 Å². The van der Waals surface area contributed by atoms with Crippen LogP contribution in [-0.2, 0) is 28.4 Å². The third-order valence-electron chi connectivity index (χ3n) is 7.59. The summed E-state index contributed by atoms with van der Waals surface area (Å²) in [7, 11) is 2.41. The number of likely N-dealkylation sites (tertiary alicyclic amines) is 1. The summed E-state index contributed by atoms with van der Waals surface area (Å²) in [5.74, 6) is -3.28. The number of hydrogen-bond donors (Lipinski definition) is 1. The van der Waals surface area contributed by atoms with Gasteiger partial charge in [-0.15, -0.1) is 0 Å². The third kappa shape index (κ3) is 7.90. The molecule has 2 aromatic carbocycles. The van der Waals surface area contributed by atoms with Crippen molar-refractivity contribution in [2.75, 3.05) is 32.6 Å². The summed E-state index contributed by atoms with van der Waals surface area (Å²) in [5, 5.41) is 2.25. The topological polar surface area (TPSA) is 105 Å². The fourth-order valence-electron chi connectivity index (χ4n) is 5.38. The van der Waals surface area contributed by atoms with Crippen LogP contribution in [0.5, 0.6) is 0 Å². The number of aryl methyl sites for hydroxylation is 1. The van der Waals surface area contributed by atoms with Crippen LogP contribution in [0, 0.1) is 18.7 Å². The zero-order chi connectivity index (χ0) is 34.0. The molecule has 0 aliphatic carbocycles. The number of ether oxygens (including phenoxy) is 1. The van der Waals surface area contributed by atoms with Crippen molar-refractivity contribution in [1.82, 2.24) is 19.8 Å². The van der Waals surface area contributed by atoms with Crippen molar-refractivity contribution in [3.8, 4) is 0 Å². The molecule has 4 rings (SSSR count). The number of nitrogens with zero attached hydrogens (tertiary/aromatic N) is 4. The van der Waals surface area contributed by atoms with Crippen molar-refractivity contribution in [3.05, 3.63) is 88.0 Å². The minimum absolute atomic E-state index is 0.0135. The first-order valence-electron chi connectivity index (χ1n) is 13.7. The molecule has 1 aromatic heterocycles. The minimum Gasteiger partial charge on any atom is -0.453 e. The number of anilines is 1. The van der Waals surface area contributed by atoms with Gasteiger partial charge >= 0.3 is 18.4 Å². The van der Waals surface area contributed by atoms with Crippen LogP contribution >= 0.6 is 0 Å². The summed E-state index contributed by atoms with van der Waals surface area (Å²) in [4.78, 5) is 48.8. The predicted octanol–water partition coefficient (Wildman–Crippen LogP) is 6.04. The highest BCUT2D eigenvalue weighted by Gasteiger charge is 2.40. The van der Waals surface area contributed by atoms with Gasteiger partial charge in [0.15, 0.2) is 0 Å². The van der Waals surface area contributed by atoms with Gasteiger partial charge in [0.1, 0.15) is 5.82 Å². The highest BCUT2D eigenvalue weighted by Crippen LogP contribution is 2.38. The largest absolute Gasteiger partial charge is 0.453 e. The first-order chi connectivity index (χ1) is 21.5. The van der Waals surface area contributed by atoms with E-state index in [1.54, 1.807) is 6.92 Å². The van der Waals surface area contributed by atoms with Gasteiger partial charge in [0.05, 0.1) is 23.8 Å². The van der Waals surface area contributed by atoms with Crippen LogP contribution in [0.25, 0.3) is 0 Å². The van der Waals surface area contributed by atoms with E-state index < -0.39 is 65.6 Å². The maximum absolute atomic E-state index is 14.0. The molecular weight excluding hydrogens is 627 g/mol. The van der Waals surface area contributed by atoms with Crippen molar-refractivity contribution < 1.29 is 49.9 Å². The van der Waals surface area contributed by atoms with Gasteiger partial charge in [0.25, 0.3) is 5.91 Å². The molecule has 0 saturated carbocycles. The van der Waals surface area contributed by atoms with Crippen LogP contribution in [0.3, 0.4) is 0 Å². The smallest absolute Gasteiger partial charge is 0.416 e. The average Bonchev–Trinajstić information content (AvgIpc) is 2.99. The van der Waals surface area contributed by atoms with Gasteiger partial charge in [-0.05, 0) is 60.4 Å². The predicted molar refractivity (Wildman–Crippen MR) is 149 cm³/mol. The fraction of sp³-hybridized carbons (Fsp3) is 0.367. The second-order valence-corrected chi connectivity index (χ2v) is 10.8. The Morgan fingerprint density at radius 1 is 1.00 bits per heavy atom. The number of carbonyl (C=O) groups excluding carboxylic acids is 3. The molecule has 2 atom stereocenters. The second kappa shape index (κ2) is 13.3. The number of rotatable bonds is 6. The molecule has 3 aromatic rings. The Hall–Kier alpha value is -4.76. The lowest BCUT2D eigenvalue weighted by atomic mass is 9.78. The van der Waals surface area contributed by atoms with E-state index in [0.717, 1.165) is 12.0 Å². The lowest BCUT2D eigenvalue weighted by Crippen LogP contribution is -2.47. The van der Waals surface area contributed by atoms with E-state index in [0.29, 0.717) is 23.3 Å². The number of amides is 3. The van der Waals surface area contributed by atoms with Crippen molar-refractivity contribution in [2.24, 2.45) is 5.92 Å². The van der Waals surface area contributed by atoms with E-state index in [-0.39, 0.29) is 42.7 Å². The number of benzene rings is 2. The highest BCUT2D eigenvalue weighted by atomic mass is 19.4. The Labute approximate surface area is 258 Å². The normalized spacial score (nSPS) is 17.0. The summed E-state index contributed by atoms with van der Waals surface area (Å²) in [6.07, 6.45) is -8.46. The zero-order valence-electron chi connectivity index (χ0n) is 24.7. The minimum atomic E-state index is -5.05. The zero-order valence-corrected chi connectivity index (χ0v) is 24.7. The quantitative estimate of drug-likeness (QED) is 0.325.